The number of aromatic nitrogens is 2. The van der Waals surface area contributed by atoms with Crippen molar-refractivity contribution >= 4 is 28.4 Å². The molecule has 0 aromatic carbocycles. The SMILES string of the molecule is CCCNCC1CCCCN1c1nc[nH]c(=O)c1I. The second-order valence-electron chi connectivity index (χ2n) is 4.92. The van der Waals surface area contributed by atoms with Crippen LogP contribution in [0.4, 0.5) is 5.82 Å². The van der Waals surface area contributed by atoms with Gasteiger partial charge in [0.05, 0.1) is 6.33 Å². The summed E-state index contributed by atoms with van der Waals surface area (Å²) in [7, 11) is 0. The van der Waals surface area contributed by atoms with E-state index in [9.17, 15) is 4.79 Å². The monoisotopic (exact) mass is 376 g/mol. The van der Waals surface area contributed by atoms with Crippen LogP contribution in [0.1, 0.15) is 32.6 Å². The number of aromatic amines is 1. The predicted octanol–water partition coefficient (Wildman–Crippen LogP) is 1.73. The molecule has 19 heavy (non-hydrogen) atoms. The highest BCUT2D eigenvalue weighted by atomic mass is 127. The van der Waals surface area contributed by atoms with Gasteiger partial charge in [0, 0.05) is 19.1 Å². The van der Waals surface area contributed by atoms with Gasteiger partial charge < -0.3 is 15.2 Å². The Hall–Kier alpha value is -0.630. The molecule has 106 valence electrons. The summed E-state index contributed by atoms with van der Waals surface area (Å²) in [5.74, 6) is 0.840. The Kier molecular flexibility index (Phi) is 5.62. The predicted molar refractivity (Wildman–Crippen MR) is 85.7 cm³/mol. The Balaban J connectivity index is 2.14. The third-order valence-electron chi connectivity index (χ3n) is 3.48. The number of hydrogen-bond acceptors (Lipinski definition) is 4. The van der Waals surface area contributed by atoms with Gasteiger partial charge in [-0.3, -0.25) is 4.79 Å². The number of rotatable bonds is 5. The maximum Gasteiger partial charge on any atom is 0.266 e. The Morgan fingerprint density at radius 2 is 2.42 bits per heavy atom. The van der Waals surface area contributed by atoms with Crippen molar-refractivity contribution in [1.82, 2.24) is 15.3 Å². The molecular formula is C13H21IN4O. The fourth-order valence-electron chi connectivity index (χ4n) is 2.51. The first kappa shape index (κ1) is 14.8. The highest BCUT2D eigenvalue weighted by molar-refractivity contribution is 14.1. The summed E-state index contributed by atoms with van der Waals surface area (Å²) in [5.41, 5.74) is -0.0450. The summed E-state index contributed by atoms with van der Waals surface area (Å²) in [5, 5.41) is 3.48. The molecule has 1 atom stereocenters. The third kappa shape index (κ3) is 3.68. The molecule has 1 aliphatic rings. The van der Waals surface area contributed by atoms with E-state index in [1.165, 1.54) is 25.6 Å². The standard InChI is InChI=1S/C13H21IN4O/c1-2-6-15-8-10-5-3-4-7-18(10)12-11(14)13(19)17-9-16-12/h9-10,15H,2-8H2,1H3,(H,16,17,19). The van der Waals surface area contributed by atoms with E-state index in [4.69, 9.17) is 0 Å². The Morgan fingerprint density at radius 1 is 1.58 bits per heavy atom. The van der Waals surface area contributed by atoms with Crippen molar-refractivity contribution in [2.24, 2.45) is 0 Å². The third-order valence-corrected chi connectivity index (χ3v) is 4.46. The molecule has 2 rings (SSSR count). The number of H-pyrrole nitrogens is 1. The number of halogens is 1. The second-order valence-corrected chi connectivity index (χ2v) is 6.00. The lowest BCUT2D eigenvalue weighted by Gasteiger charge is -2.37. The van der Waals surface area contributed by atoms with Crippen LogP contribution in [0.25, 0.3) is 0 Å². The van der Waals surface area contributed by atoms with Crippen molar-refractivity contribution in [3.8, 4) is 0 Å². The van der Waals surface area contributed by atoms with Crippen LogP contribution in [0.2, 0.25) is 0 Å². The molecule has 0 bridgehead atoms. The van der Waals surface area contributed by atoms with Crippen LogP contribution in [0.15, 0.2) is 11.1 Å². The van der Waals surface area contributed by atoms with Gasteiger partial charge in [-0.2, -0.15) is 0 Å². The van der Waals surface area contributed by atoms with Crippen LogP contribution in [0, 0.1) is 3.57 Å². The van der Waals surface area contributed by atoms with Crippen molar-refractivity contribution < 1.29 is 0 Å². The quantitative estimate of drug-likeness (QED) is 0.607. The van der Waals surface area contributed by atoms with Crippen molar-refractivity contribution in [2.45, 2.75) is 38.6 Å². The van der Waals surface area contributed by atoms with E-state index in [0.29, 0.717) is 9.61 Å². The minimum atomic E-state index is -0.0450. The summed E-state index contributed by atoms with van der Waals surface area (Å²) in [4.78, 5) is 21.0. The lowest BCUT2D eigenvalue weighted by atomic mass is 10.0. The zero-order valence-corrected chi connectivity index (χ0v) is 13.4. The molecule has 0 radical (unpaired) electrons. The van der Waals surface area contributed by atoms with E-state index in [1.807, 2.05) is 0 Å². The zero-order valence-electron chi connectivity index (χ0n) is 11.3. The van der Waals surface area contributed by atoms with E-state index < -0.39 is 0 Å². The molecule has 1 saturated heterocycles. The molecular weight excluding hydrogens is 355 g/mol. The van der Waals surface area contributed by atoms with Gasteiger partial charge in [-0.25, -0.2) is 4.98 Å². The Bertz CT molecular complexity index is 462. The van der Waals surface area contributed by atoms with Crippen molar-refractivity contribution in [3.05, 3.63) is 20.3 Å². The molecule has 6 heteroatoms. The van der Waals surface area contributed by atoms with E-state index in [0.717, 1.165) is 31.9 Å². The smallest absolute Gasteiger partial charge is 0.266 e. The fraction of sp³-hybridized carbons (Fsp3) is 0.692. The molecule has 2 heterocycles. The lowest BCUT2D eigenvalue weighted by molar-refractivity contribution is 0.432. The largest absolute Gasteiger partial charge is 0.351 e. The average molecular weight is 376 g/mol. The summed E-state index contributed by atoms with van der Waals surface area (Å²) in [6.07, 6.45) is 6.25. The lowest BCUT2D eigenvalue weighted by Crippen LogP contribution is -2.47. The molecule has 1 aliphatic heterocycles. The Morgan fingerprint density at radius 3 is 3.21 bits per heavy atom. The first-order valence-corrected chi connectivity index (χ1v) is 8.02. The van der Waals surface area contributed by atoms with E-state index in [-0.39, 0.29) is 5.56 Å². The van der Waals surface area contributed by atoms with E-state index in [2.05, 4.69) is 49.7 Å². The van der Waals surface area contributed by atoms with Gasteiger partial charge >= 0.3 is 0 Å². The van der Waals surface area contributed by atoms with Gasteiger partial charge in [0.2, 0.25) is 0 Å². The fourth-order valence-corrected chi connectivity index (χ4v) is 3.12. The topological polar surface area (TPSA) is 61.0 Å². The van der Waals surface area contributed by atoms with Crippen molar-refractivity contribution in [3.63, 3.8) is 0 Å². The number of hydrogen-bond donors (Lipinski definition) is 2. The first-order chi connectivity index (χ1) is 9.24. The second kappa shape index (κ2) is 7.23. The molecule has 1 fully saturated rings. The van der Waals surface area contributed by atoms with Crippen LogP contribution in [-0.4, -0.2) is 35.6 Å². The van der Waals surface area contributed by atoms with Gasteiger partial charge in [0.1, 0.15) is 9.39 Å². The minimum absolute atomic E-state index is 0.0450. The molecule has 0 amide bonds. The van der Waals surface area contributed by atoms with E-state index in [1.54, 1.807) is 0 Å². The van der Waals surface area contributed by atoms with Crippen molar-refractivity contribution in [1.29, 1.82) is 0 Å². The highest BCUT2D eigenvalue weighted by Gasteiger charge is 2.25. The minimum Gasteiger partial charge on any atom is -0.351 e. The van der Waals surface area contributed by atoms with Crippen LogP contribution < -0.4 is 15.8 Å². The van der Waals surface area contributed by atoms with Gasteiger partial charge in [-0.15, -0.1) is 0 Å². The molecule has 1 unspecified atom stereocenters. The molecule has 5 nitrogen and oxygen atoms in total. The van der Waals surface area contributed by atoms with Crippen LogP contribution in [-0.2, 0) is 0 Å². The summed E-state index contributed by atoms with van der Waals surface area (Å²) < 4.78 is 0.697. The summed E-state index contributed by atoms with van der Waals surface area (Å²) in [6, 6.07) is 0.447. The molecule has 1 aromatic heterocycles. The first-order valence-electron chi connectivity index (χ1n) is 6.94. The molecule has 0 spiro atoms. The van der Waals surface area contributed by atoms with Crippen LogP contribution in [0.5, 0.6) is 0 Å². The maximum atomic E-state index is 11.7. The average Bonchev–Trinajstić information content (AvgIpc) is 2.43. The van der Waals surface area contributed by atoms with E-state index >= 15 is 0 Å². The van der Waals surface area contributed by atoms with Gasteiger partial charge in [-0.05, 0) is 54.8 Å². The van der Waals surface area contributed by atoms with Gasteiger partial charge in [-0.1, -0.05) is 6.92 Å². The molecule has 1 aromatic rings. The number of anilines is 1. The van der Waals surface area contributed by atoms with Gasteiger partial charge in [0.15, 0.2) is 0 Å². The summed E-state index contributed by atoms with van der Waals surface area (Å²) in [6.45, 7) is 5.18. The maximum absolute atomic E-state index is 11.7. The van der Waals surface area contributed by atoms with Crippen LogP contribution >= 0.6 is 22.6 Å². The molecule has 0 aliphatic carbocycles. The summed E-state index contributed by atoms with van der Waals surface area (Å²) >= 11 is 2.09. The number of piperidine rings is 1. The normalized spacial score (nSPS) is 19.7. The van der Waals surface area contributed by atoms with Crippen molar-refractivity contribution in [2.75, 3.05) is 24.5 Å². The zero-order chi connectivity index (χ0) is 13.7. The molecule has 0 saturated carbocycles. The number of nitrogens with zero attached hydrogens (tertiary/aromatic N) is 2. The Labute approximate surface area is 127 Å². The highest BCUT2D eigenvalue weighted by Crippen LogP contribution is 2.24. The molecule has 2 N–H and O–H groups in total. The van der Waals surface area contributed by atoms with Crippen LogP contribution in [0.3, 0.4) is 0 Å². The van der Waals surface area contributed by atoms with Gasteiger partial charge in [0.25, 0.3) is 5.56 Å². The number of nitrogens with one attached hydrogen (secondary N) is 2.